The Balaban J connectivity index is 1.23. The summed E-state index contributed by atoms with van der Waals surface area (Å²) in [6.45, 7) is 4.39. The molecule has 35 heavy (non-hydrogen) atoms. The molecular formula is C26H30F3N3O3. The zero-order valence-corrected chi connectivity index (χ0v) is 20.0. The number of rotatable bonds is 9. The van der Waals surface area contributed by atoms with E-state index in [9.17, 15) is 13.2 Å². The maximum Gasteiger partial charge on any atom is 0.416 e. The monoisotopic (exact) mass is 489 g/mol. The third-order valence-electron chi connectivity index (χ3n) is 6.32. The van der Waals surface area contributed by atoms with Crippen LogP contribution in [-0.4, -0.2) is 61.9 Å². The topological polar surface area (TPSA) is 51.0 Å². The second-order valence-electron chi connectivity index (χ2n) is 8.62. The van der Waals surface area contributed by atoms with Crippen LogP contribution in [0.1, 0.15) is 23.3 Å². The Morgan fingerprint density at radius 3 is 2.34 bits per heavy atom. The number of hydrogen-bond donors (Lipinski definition) is 0. The summed E-state index contributed by atoms with van der Waals surface area (Å²) in [7, 11) is 3.19. The summed E-state index contributed by atoms with van der Waals surface area (Å²) in [6.07, 6.45) is -2.64. The quantitative estimate of drug-likeness (QED) is 0.416. The van der Waals surface area contributed by atoms with Gasteiger partial charge in [0.2, 0.25) is 0 Å². The number of ether oxygens (including phenoxy) is 2. The molecule has 0 bridgehead atoms. The van der Waals surface area contributed by atoms with Crippen molar-refractivity contribution in [2.24, 2.45) is 0 Å². The highest BCUT2D eigenvalue weighted by Gasteiger charge is 2.33. The molecule has 4 rings (SSSR count). The molecule has 0 unspecified atom stereocenters. The molecule has 188 valence electrons. The number of aryl methyl sites for hydroxylation is 1. The lowest BCUT2D eigenvalue weighted by molar-refractivity contribution is -0.138. The molecule has 6 nitrogen and oxygen atoms in total. The maximum absolute atomic E-state index is 13.3. The van der Waals surface area contributed by atoms with E-state index in [1.807, 2.05) is 24.3 Å². The van der Waals surface area contributed by atoms with Crippen LogP contribution in [0.5, 0.6) is 11.5 Å². The highest BCUT2D eigenvalue weighted by atomic mass is 19.4. The van der Waals surface area contributed by atoms with E-state index in [2.05, 4.69) is 15.0 Å². The molecule has 1 aliphatic rings. The summed E-state index contributed by atoms with van der Waals surface area (Å²) in [5.41, 5.74) is 1.43. The zero-order chi connectivity index (χ0) is 24.8. The molecule has 0 N–H and O–H groups in total. The van der Waals surface area contributed by atoms with Crippen LogP contribution in [0.2, 0.25) is 0 Å². The second kappa shape index (κ2) is 11.1. The largest absolute Gasteiger partial charge is 0.493 e. The Labute approximate surface area is 203 Å². The maximum atomic E-state index is 13.3. The van der Waals surface area contributed by atoms with Gasteiger partial charge in [-0.3, -0.25) is 4.90 Å². The van der Waals surface area contributed by atoms with E-state index < -0.39 is 11.7 Å². The van der Waals surface area contributed by atoms with Crippen LogP contribution in [0.3, 0.4) is 0 Å². The minimum Gasteiger partial charge on any atom is -0.493 e. The first-order valence-electron chi connectivity index (χ1n) is 11.6. The van der Waals surface area contributed by atoms with Gasteiger partial charge in [0.1, 0.15) is 11.5 Å². The first-order valence-corrected chi connectivity index (χ1v) is 11.6. The predicted molar refractivity (Wildman–Crippen MR) is 127 cm³/mol. The summed E-state index contributed by atoms with van der Waals surface area (Å²) in [4.78, 5) is 4.44. The number of benzene rings is 2. The van der Waals surface area contributed by atoms with Crippen molar-refractivity contribution in [3.63, 3.8) is 0 Å². The highest BCUT2D eigenvalue weighted by molar-refractivity contribution is 5.63. The lowest BCUT2D eigenvalue weighted by atomic mass is 10.1. The summed E-state index contributed by atoms with van der Waals surface area (Å²) in [5, 5.41) is 4.19. The number of nitrogens with zero attached hydrogens (tertiary/aromatic N) is 3. The van der Waals surface area contributed by atoms with Crippen LogP contribution in [0.15, 0.2) is 53.1 Å². The van der Waals surface area contributed by atoms with E-state index in [1.54, 1.807) is 26.4 Å². The molecule has 3 aromatic rings. The van der Waals surface area contributed by atoms with Crippen molar-refractivity contribution in [2.45, 2.75) is 25.6 Å². The van der Waals surface area contributed by atoms with Gasteiger partial charge in [0.15, 0.2) is 11.5 Å². The molecule has 2 heterocycles. The lowest BCUT2D eigenvalue weighted by Gasteiger charge is -2.35. The Morgan fingerprint density at radius 1 is 0.914 bits per heavy atom. The molecule has 0 atom stereocenters. The Hall–Kier alpha value is -3.04. The van der Waals surface area contributed by atoms with Crippen LogP contribution in [0.4, 0.5) is 13.2 Å². The average Bonchev–Trinajstić information content (AvgIpc) is 3.33. The van der Waals surface area contributed by atoms with Crippen molar-refractivity contribution in [1.82, 2.24) is 15.0 Å². The second-order valence-corrected chi connectivity index (χ2v) is 8.62. The SMILES string of the molecule is COc1ccc(-c2cc(CCCN3CCN(Cc4ccccc4C(F)(F)F)CC3)on2)cc1OC. The van der Waals surface area contributed by atoms with Gasteiger partial charge in [-0.05, 0) is 42.8 Å². The van der Waals surface area contributed by atoms with E-state index >= 15 is 0 Å². The van der Waals surface area contributed by atoms with Gasteiger partial charge >= 0.3 is 6.18 Å². The summed E-state index contributed by atoms with van der Waals surface area (Å²) >= 11 is 0. The van der Waals surface area contributed by atoms with Gasteiger partial charge in [0, 0.05) is 50.8 Å². The smallest absolute Gasteiger partial charge is 0.416 e. The third kappa shape index (κ3) is 6.35. The number of methoxy groups -OCH3 is 2. The standard InChI is InChI=1S/C26H30F3N3O3/c1-33-24-10-9-19(16-25(24)34-2)23-17-21(35-30-23)7-5-11-31-12-14-32(15-13-31)18-20-6-3-4-8-22(20)26(27,28)29/h3-4,6,8-10,16-17H,5,7,11-15,18H2,1-2H3. The minimum atomic E-state index is -4.32. The minimum absolute atomic E-state index is 0.320. The van der Waals surface area contributed by atoms with Gasteiger partial charge in [-0.15, -0.1) is 0 Å². The highest BCUT2D eigenvalue weighted by Crippen LogP contribution is 2.33. The Morgan fingerprint density at radius 2 is 1.63 bits per heavy atom. The van der Waals surface area contributed by atoms with Crippen molar-refractivity contribution in [2.75, 3.05) is 46.9 Å². The molecule has 1 fully saturated rings. The van der Waals surface area contributed by atoms with E-state index in [1.165, 1.54) is 6.07 Å². The normalized spacial score (nSPS) is 15.3. The van der Waals surface area contributed by atoms with E-state index in [0.29, 0.717) is 23.6 Å². The van der Waals surface area contributed by atoms with Gasteiger partial charge in [0.05, 0.1) is 19.8 Å². The summed E-state index contributed by atoms with van der Waals surface area (Å²) in [6, 6.07) is 13.4. The van der Waals surface area contributed by atoms with Gasteiger partial charge in [-0.25, -0.2) is 0 Å². The van der Waals surface area contributed by atoms with Crippen molar-refractivity contribution in [1.29, 1.82) is 0 Å². The lowest BCUT2D eigenvalue weighted by Crippen LogP contribution is -2.46. The molecule has 0 amide bonds. The van der Waals surface area contributed by atoms with Crippen molar-refractivity contribution < 1.29 is 27.2 Å². The number of piperazine rings is 1. The number of alkyl halides is 3. The molecule has 2 aromatic carbocycles. The molecule has 9 heteroatoms. The van der Waals surface area contributed by atoms with Crippen LogP contribution in [0.25, 0.3) is 11.3 Å². The summed E-state index contributed by atoms with van der Waals surface area (Å²) in [5.74, 6) is 2.11. The van der Waals surface area contributed by atoms with Gasteiger partial charge < -0.3 is 18.9 Å². The van der Waals surface area contributed by atoms with Gasteiger partial charge in [0.25, 0.3) is 0 Å². The molecule has 1 saturated heterocycles. The zero-order valence-electron chi connectivity index (χ0n) is 20.0. The molecule has 1 aromatic heterocycles. The first kappa shape index (κ1) is 25.1. The summed E-state index contributed by atoms with van der Waals surface area (Å²) < 4.78 is 55.9. The fourth-order valence-corrected chi connectivity index (χ4v) is 4.39. The fraction of sp³-hybridized carbons (Fsp3) is 0.423. The first-order chi connectivity index (χ1) is 16.9. The molecule has 0 aliphatic carbocycles. The van der Waals surface area contributed by atoms with Crippen molar-refractivity contribution >= 4 is 0 Å². The van der Waals surface area contributed by atoms with Gasteiger partial charge in [-0.1, -0.05) is 23.4 Å². The molecule has 0 radical (unpaired) electrons. The molecular weight excluding hydrogens is 459 g/mol. The van der Waals surface area contributed by atoms with Crippen LogP contribution < -0.4 is 9.47 Å². The van der Waals surface area contributed by atoms with Crippen molar-refractivity contribution in [3.8, 4) is 22.8 Å². The van der Waals surface area contributed by atoms with Gasteiger partial charge in [-0.2, -0.15) is 13.2 Å². The Bertz CT molecular complexity index is 1110. The molecule has 0 spiro atoms. The average molecular weight is 490 g/mol. The van der Waals surface area contributed by atoms with E-state index in [4.69, 9.17) is 14.0 Å². The number of hydrogen-bond acceptors (Lipinski definition) is 6. The molecule has 0 saturated carbocycles. The number of halogens is 3. The van der Waals surface area contributed by atoms with Crippen LogP contribution in [0, 0.1) is 0 Å². The van der Waals surface area contributed by atoms with E-state index in [0.717, 1.165) is 68.6 Å². The van der Waals surface area contributed by atoms with Crippen LogP contribution in [-0.2, 0) is 19.1 Å². The Kier molecular flexibility index (Phi) is 7.97. The third-order valence-corrected chi connectivity index (χ3v) is 6.32. The van der Waals surface area contributed by atoms with E-state index in [-0.39, 0.29) is 0 Å². The fourth-order valence-electron chi connectivity index (χ4n) is 4.39. The predicted octanol–water partition coefficient (Wildman–Crippen LogP) is 5.13. The molecule has 1 aliphatic heterocycles. The number of aromatic nitrogens is 1. The van der Waals surface area contributed by atoms with Crippen molar-refractivity contribution in [3.05, 3.63) is 65.4 Å². The van der Waals surface area contributed by atoms with Crippen LogP contribution >= 0.6 is 0 Å².